The van der Waals surface area contributed by atoms with Gasteiger partial charge >= 0.3 is 6.03 Å². The zero-order valence-corrected chi connectivity index (χ0v) is 15.4. The lowest BCUT2D eigenvalue weighted by Crippen LogP contribution is -2.44. The van der Waals surface area contributed by atoms with Gasteiger partial charge in [-0.05, 0) is 24.6 Å². The molecule has 2 heterocycles. The molecule has 0 unspecified atom stereocenters. The van der Waals surface area contributed by atoms with Crippen molar-refractivity contribution in [2.75, 3.05) is 16.8 Å². The average molecular weight is 387 g/mol. The zero-order chi connectivity index (χ0) is 18.4. The van der Waals surface area contributed by atoms with E-state index in [0.717, 1.165) is 23.1 Å². The van der Waals surface area contributed by atoms with E-state index in [-0.39, 0.29) is 11.5 Å². The molecular weight excluding hydrogens is 368 g/mol. The van der Waals surface area contributed by atoms with Crippen LogP contribution in [0, 0.1) is 6.92 Å². The number of hydrogen-bond donors (Lipinski definition) is 3. The Bertz CT molecular complexity index is 938. The Morgan fingerprint density at radius 3 is 2.72 bits per heavy atom. The van der Waals surface area contributed by atoms with Gasteiger partial charge in [0.15, 0.2) is 15.4 Å². The van der Waals surface area contributed by atoms with Crippen LogP contribution in [0.3, 0.4) is 0 Å². The zero-order valence-electron chi connectivity index (χ0n) is 13.8. The summed E-state index contributed by atoms with van der Waals surface area (Å²) in [4.78, 5) is 12.1. The first-order valence-corrected chi connectivity index (χ1v) is 10.1. The van der Waals surface area contributed by atoms with Gasteiger partial charge in [0.05, 0.1) is 28.7 Å². The van der Waals surface area contributed by atoms with Gasteiger partial charge in [-0.1, -0.05) is 18.5 Å². The molecule has 2 atom stereocenters. The number of anilines is 1. The monoisotopic (exact) mass is 386 g/mol. The second-order valence-electron chi connectivity index (χ2n) is 6.19. The first kappa shape index (κ1) is 18.0. The Balaban J connectivity index is 1.78. The number of fused-ring (bicyclic) bond motifs is 1. The fourth-order valence-corrected chi connectivity index (χ4v) is 5.04. The number of hydrogen-bond acceptors (Lipinski definition) is 5. The van der Waals surface area contributed by atoms with Crippen molar-refractivity contribution in [2.24, 2.45) is 0 Å². The fourth-order valence-electron chi connectivity index (χ4n) is 3.04. The quantitative estimate of drug-likeness (QED) is 0.749. The van der Waals surface area contributed by atoms with E-state index in [1.165, 1.54) is 0 Å². The summed E-state index contributed by atoms with van der Waals surface area (Å²) >= 11 is 6.23. The van der Waals surface area contributed by atoms with Crippen LogP contribution in [0.5, 0.6) is 0 Å². The van der Waals surface area contributed by atoms with Gasteiger partial charge in [0.25, 0.3) is 0 Å². The topological polar surface area (TPSA) is 109 Å². The number of carbonyl (C=O) groups is 1. The van der Waals surface area contributed by atoms with E-state index in [9.17, 15) is 18.3 Å². The van der Waals surface area contributed by atoms with Crippen molar-refractivity contribution in [3.8, 4) is 0 Å². The summed E-state index contributed by atoms with van der Waals surface area (Å²) in [5.74, 6) is 0.212. The van der Waals surface area contributed by atoms with Gasteiger partial charge in [-0.3, -0.25) is 0 Å². The van der Waals surface area contributed by atoms with Crippen LogP contribution in [0.1, 0.15) is 18.2 Å². The van der Waals surface area contributed by atoms with Gasteiger partial charge in [-0.15, -0.1) is 0 Å². The number of carbonyl (C=O) groups excluding carboxylic acids is 1. The highest BCUT2D eigenvalue weighted by molar-refractivity contribution is 7.91. The van der Waals surface area contributed by atoms with Gasteiger partial charge in [0.2, 0.25) is 0 Å². The van der Waals surface area contributed by atoms with E-state index in [1.54, 1.807) is 12.1 Å². The summed E-state index contributed by atoms with van der Waals surface area (Å²) in [7, 11) is -3.33. The number of aliphatic hydroxyl groups is 1. The standard InChI is InChI=1S/C16H19ClN2O5S/c1-3-14-8(2)10-4-9(5-11(17)15(10)24-14)18-16(21)19-12-6-25(22,23)7-13(12)20/h4-5,12-13,20H,3,6-7H2,1-2H3,(H2,18,19,21)/t12-,13-/m1/s1. The number of aryl methyl sites for hydroxylation is 2. The Labute approximate surface area is 150 Å². The number of halogens is 1. The molecule has 1 aromatic carbocycles. The molecule has 1 saturated heterocycles. The number of amides is 2. The molecule has 0 saturated carbocycles. The summed E-state index contributed by atoms with van der Waals surface area (Å²) < 4.78 is 28.7. The van der Waals surface area contributed by atoms with Crippen LogP contribution >= 0.6 is 11.6 Å². The van der Waals surface area contributed by atoms with Crippen molar-refractivity contribution in [2.45, 2.75) is 32.4 Å². The van der Waals surface area contributed by atoms with Gasteiger partial charge in [-0.25, -0.2) is 13.2 Å². The van der Waals surface area contributed by atoms with Crippen LogP contribution in [0.15, 0.2) is 16.5 Å². The lowest BCUT2D eigenvalue weighted by atomic mass is 10.1. The fraction of sp³-hybridized carbons (Fsp3) is 0.438. The molecule has 1 aromatic heterocycles. The SMILES string of the molecule is CCc1oc2c(Cl)cc(NC(=O)N[C@@H]3CS(=O)(=O)C[C@H]3O)cc2c1C. The highest BCUT2D eigenvalue weighted by atomic mass is 35.5. The highest BCUT2D eigenvalue weighted by Gasteiger charge is 2.37. The average Bonchev–Trinajstić information content (AvgIpc) is 2.96. The Kier molecular flexibility index (Phi) is 4.70. The van der Waals surface area contributed by atoms with E-state index < -0.39 is 28.0 Å². The minimum atomic E-state index is -3.33. The van der Waals surface area contributed by atoms with E-state index in [4.69, 9.17) is 16.0 Å². The Hall–Kier alpha value is -1.77. The normalized spacial score (nSPS) is 22.2. The second-order valence-corrected chi connectivity index (χ2v) is 8.75. The van der Waals surface area contributed by atoms with Gasteiger partial charge in [-0.2, -0.15) is 0 Å². The Morgan fingerprint density at radius 1 is 1.40 bits per heavy atom. The number of nitrogens with one attached hydrogen (secondary N) is 2. The van der Waals surface area contributed by atoms with Crippen molar-refractivity contribution in [1.29, 1.82) is 0 Å². The molecule has 0 spiro atoms. The summed E-state index contributed by atoms with van der Waals surface area (Å²) in [5.41, 5.74) is 1.98. The third-order valence-corrected chi connectivity index (χ3v) is 6.31. The van der Waals surface area contributed by atoms with Crippen LogP contribution < -0.4 is 10.6 Å². The third-order valence-electron chi connectivity index (χ3n) is 4.31. The molecule has 3 N–H and O–H groups in total. The summed E-state index contributed by atoms with van der Waals surface area (Å²) in [5, 5.41) is 16.0. The van der Waals surface area contributed by atoms with Crippen LogP contribution in [-0.2, 0) is 16.3 Å². The number of furan rings is 1. The molecule has 2 amide bonds. The molecule has 3 rings (SSSR count). The minimum Gasteiger partial charge on any atom is -0.459 e. The molecular formula is C16H19ClN2O5S. The molecule has 0 radical (unpaired) electrons. The first-order chi connectivity index (χ1) is 11.7. The van der Waals surface area contributed by atoms with Crippen LogP contribution in [-0.4, -0.2) is 43.2 Å². The van der Waals surface area contributed by atoms with Crippen molar-refractivity contribution in [3.05, 3.63) is 28.5 Å². The lowest BCUT2D eigenvalue weighted by Gasteiger charge is -2.15. The number of rotatable bonds is 3. The lowest BCUT2D eigenvalue weighted by molar-refractivity contribution is 0.167. The first-order valence-electron chi connectivity index (χ1n) is 7.87. The highest BCUT2D eigenvalue weighted by Crippen LogP contribution is 2.34. The minimum absolute atomic E-state index is 0.276. The summed E-state index contributed by atoms with van der Waals surface area (Å²) in [6.07, 6.45) is -0.376. The maximum absolute atomic E-state index is 12.1. The van der Waals surface area contributed by atoms with E-state index >= 15 is 0 Å². The molecule has 136 valence electrons. The van der Waals surface area contributed by atoms with Crippen LogP contribution in [0.2, 0.25) is 5.02 Å². The van der Waals surface area contributed by atoms with Gasteiger partial charge in [0, 0.05) is 17.5 Å². The van der Waals surface area contributed by atoms with E-state index in [2.05, 4.69) is 10.6 Å². The van der Waals surface area contributed by atoms with Crippen molar-refractivity contribution < 1.29 is 22.7 Å². The second kappa shape index (κ2) is 6.51. The summed E-state index contributed by atoms with van der Waals surface area (Å²) in [6.45, 7) is 3.90. The van der Waals surface area contributed by atoms with E-state index in [0.29, 0.717) is 16.3 Å². The van der Waals surface area contributed by atoms with Crippen molar-refractivity contribution >= 4 is 44.1 Å². The van der Waals surface area contributed by atoms with Gasteiger partial charge < -0.3 is 20.2 Å². The number of aliphatic hydroxyl groups excluding tert-OH is 1. The maximum atomic E-state index is 12.1. The van der Waals surface area contributed by atoms with E-state index in [1.807, 2.05) is 13.8 Å². The maximum Gasteiger partial charge on any atom is 0.319 e. The predicted octanol–water partition coefficient (Wildman–Crippen LogP) is 2.24. The van der Waals surface area contributed by atoms with Crippen LogP contribution in [0.4, 0.5) is 10.5 Å². The molecule has 1 aliphatic rings. The number of benzene rings is 1. The predicted molar refractivity (Wildman–Crippen MR) is 95.9 cm³/mol. The largest absolute Gasteiger partial charge is 0.459 e. The molecule has 0 bridgehead atoms. The smallest absolute Gasteiger partial charge is 0.319 e. The number of sulfone groups is 1. The molecule has 25 heavy (non-hydrogen) atoms. The molecule has 9 heteroatoms. The number of urea groups is 1. The third kappa shape index (κ3) is 3.61. The van der Waals surface area contributed by atoms with Crippen molar-refractivity contribution in [3.63, 3.8) is 0 Å². The Morgan fingerprint density at radius 2 is 2.12 bits per heavy atom. The molecule has 0 aliphatic carbocycles. The molecule has 2 aromatic rings. The van der Waals surface area contributed by atoms with Crippen molar-refractivity contribution in [1.82, 2.24) is 5.32 Å². The van der Waals surface area contributed by atoms with Gasteiger partial charge in [0.1, 0.15) is 5.76 Å². The summed E-state index contributed by atoms with van der Waals surface area (Å²) in [6, 6.07) is 1.88. The molecule has 1 fully saturated rings. The molecule has 7 nitrogen and oxygen atoms in total. The molecule has 1 aliphatic heterocycles. The van der Waals surface area contributed by atoms with Crippen LogP contribution in [0.25, 0.3) is 11.0 Å².